The van der Waals surface area contributed by atoms with Crippen LogP contribution in [0.5, 0.6) is 0 Å². The van der Waals surface area contributed by atoms with Crippen LogP contribution in [0, 0.1) is 5.41 Å². The first-order valence-corrected chi connectivity index (χ1v) is 4.70. The number of allylic oxidation sites excluding steroid dienone is 3. The molecule has 3 nitrogen and oxygen atoms in total. The van der Waals surface area contributed by atoms with E-state index in [1.165, 1.54) is 6.08 Å². The zero-order chi connectivity index (χ0) is 11.0. The third-order valence-electron chi connectivity index (χ3n) is 1.72. The van der Waals surface area contributed by atoms with Crippen LogP contribution in [0.3, 0.4) is 0 Å². The summed E-state index contributed by atoms with van der Waals surface area (Å²) in [7, 11) is 0. The zero-order valence-electron chi connectivity index (χ0n) is 9.08. The Kier molecular flexibility index (Phi) is 5.88. The van der Waals surface area contributed by atoms with Crippen molar-refractivity contribution in [1.82, 2.24) is 5.32 Å². The van der Waals surface area contributed by atoms with Gasteiger partial charge in [-0.15, -0.1) is 0 Å². The van der Waals surface area contributed by atoms with Crippen LogP contribution in [0.15, 0.2) is 24.3 Å². The summed E-state index contributed by atoms with van der Waals surface area (Å²) in [6.07, 6.45) is 6.78. The minimum absolute atomic E-state index is 0.0614. The van der Waals surface area contributed by atoms with Gasteiger partial charge in [-0.05, 0) is 6.92 Å². The van der Waals surface area contributed by atoms with Gasteiger partial charge in [-0.3, -0.25) is 4.79 Å². The topological polar surface area (TPSA) is 49.3 Å². The van der Waals surface area contributed by atoms with E-state index in [1.807, 2.05) is 26.8 Å². The molecular formula is C11H19NO2. The summed E-state index contributed by atoms with van der Waals surface area (Å²) in [5.41, 5.74) is -0.260. The number of rotatable bonds is 5. The fraction of sp³-hybridized carbons (Fsp3) is 0.545. The molecule has 0 atom stereocenters. The Morgan fingerprint density at radius 3 is 2.57 bits per heavy atom. The highest BCUT2D eigenvalue weighted by atomic mass is 16.3. The lowest BCUT2D eigenvalue weighted by atomic mass is 9.95. The molecule has 0 aliphatic heterocycles. The summed E-state index contributed by atoms with van der Waals surface area (Å²) in [4.78, 5) is 11.2. The summed E-state index contributed by atoms with van der Waals surface area (Å²) in [6, 6.07) is 0. The molecule has 2 N–H and O–H groups in total. The third-order valence-corrected chi connectivity index (χ3v) is 1.72. The molecule has 14 heavy (non-hydrogen) atoms. The Morgan fingerprint density at radius 2 is 2.07 bits per heavy atom. The fourth-order valence-electron chi connectivity index (χ4n) is 0.695. The van der Waals surface area contributed by atoms with E-state index >= 15 is 0 Å². The van der Waals surface area contributed by atoms with Crippen molar-refractivity contribution in [2.75, 3.05) is 13.2 Å². The predicted molar refractivity (Wildman–Crippen MR) is 57.8 cm³/mol. The number of nitrogens with one attached hydrogen (secondary N) is 1. The molecule has 0 saturated carbocycles. The van der Waals surface area contributed by atoms with Crippen LogP contribution in [0.4, 0.5) is 0 Å². The molecule has 0 radical (unpaired) electrons. The van der Waals surface area contributed by atoms with Crippen LogP contribution in [-0.4, -0.2) is 24.2 Å². The van der Waals surface area contributed by atoms with E-state index in [0.717, 1.165) is 0 Å². The summed E-state index contributed by atoms with van der Waals surface area (Å²) >= 11 is 0. The normalized spacial score (nSPS) is 12.6. The number of aliphatic hydroxyl groups excluding tert-OH is 1. The maximum absolute atomic E-state index is 11.2. The summed E-state index contributed by atoms with van der Waals surface area (Å²) in [5, 5.41) is 11.7. The Labute approximate surface area is 85.5 Å². The molecule has 0 aromatic heterocycles. The average molecular weight is 197 g/mol. The van der Waals surface area contributed by atoms with Gasteiger partial charge in [-0.1, -0.05) is 32.1 Å². The fourth-order valence-corrected chi connectivity index (χ4v) is 0.695. The van der Waals surface area contributed by atoms with Crippen molar-refractivity contribution < 1.29 is 9.90 Å². The number of aliphatic hydroxyl groups is 1. The minimum Gasteiger partial charge on any atom is -0.396 e. The molecule has 80 valence electrons. The molecule has 1 amide bonds. The van der Waals surface area contributed by atoms with Gasteiger partial charge in [0.15, 0.2) is 0 Å². The van der Waals surface area contributed by atoms with Crippen molar-refractivity contribution in [3.63, 3.8) is 0 Å². The first-order chi connectivity index (χ1) is 6.52. The Bertz CT molecular complexity index is 229. The van der Waals surface area contributed by atoms with Crippen LogP contribution in [0.1, 0.15) is 20.8 Å². The lowest BCUT2D eigenvalue weighted by molar-refractivity contribution is -0.117. The molecule has 0 spiro atoms. The zero-order valence-corrected chi connectivity index (χ0v) is 9.08. The predicted octanol–water partition coefficient (Wildman–Crippen LogP) is 1.25. The standard InChI is InChI=1S/C11H19NO2/c1-4-5-6-7-10(14)12-8-11(2,3)9-13/h4-7,13H,8-9H2,1-3H3,(H,12,14)/b5-4+,7-6+. The molecular weight excluding hydrogens is 178 g/mol. The second kappa shape index (κ2) is 6.38. The van der Waals surface area contributed by atoms with Crippen molar-refractivity contribution in [3.05, 3.63) is 24.3 Å². The van der Waals surface area contributed by atoms with Crippen molar-refractivity contribution in [3.8, 4) is 0 Å². The second-order valence-electron chi connectivity index (χ2n) is 3.93. The Hall–Kier alpha value is -1.09. The van der Waals surface area contributed by atoms with Gasteiger partial charge >= 0.3 is 0 Å². The highest BCUT2D eigenvalue weighted by Gasteiger charge is 2.16. The van der Waals surface area contributed by atoms with Crippen LogP contribution >= 0.6 is 0 Å². The molecule has 0 bridgehead atoms. The molecule has 0 aliphatic rings. The first kappa shape index (κ1) is 12.9. The van der Waals surface area contributed by atoms with Crippen LogP contribution in [0.25, 0.3) is 0 Å². The molecule has 0 heterocycles. The Balaban J connectivity index is 3.85. The average Bonchev–Trinajstić information content (AvgIpc) is 2.16. The van der Waals surface area contributed by atoms with E-state index in [4.69, 9.17) is 5.11 Å². The molecule has 0 fully saturated rings. The van der Waals surface area contributed by atoms with Gasteiger partial charge in [0.25, 0.3) is 0 Å². The van der Waals surface area contributed by atoms with E-state index < -0.39 is 0 Å². The quantitative estimate of drug-likeness (QED) is 0.515. The molecule has 0 aromatic carbocycles. The van der Waals surface area contributed by atoms with Gasteiger partial charge in [-0.25, -0.2) is 0 Å². The van der Waals surface area contributed by atoms with Gasteiger partial charge in [0.05, 0.1) is 0 Å². The van der Waals surface area contributed by atoms with E-state index in [0.29, 0.717) is 6.54 Å². The molecule has 0 saturated heterocycles. The number of carbonyl (C=O) groups excluding carboxylic acids is 1. The van der Waals surface area contributed by atoms with E-state index in [-0.39, 0.29) is 17.9 Å². The van der Waals surface area contributed by atoms with E-state index in [1.54, 1.807) is 12.2 Å². The van der Waals surface area contributed by atoms with Crippen LogP contribution in [-0.2, 0) is 4.79 Å². The monoisotopic (exact) mass is 197 g/mol. The number of hydrogen-bond acceptors (Lipinski definition) is 2. The van der Waals surface area contributed by atoms with Gasteiger partial charge in [-0.2, -0.15) is 0 Å². The lowest BCUT2D eigenvalue weighted by Gasteiger charge is -2.21. The second-order valence-corrected chi connectivity index (χ2v) is 3.93. The first-order valence-electron chi connectivity index (χ1n) is 4.70. The van der Waals surface area contributed by atoms with Crippen molar-refractivity contribution in [2.45, 2.75) is 20.8 Å². The lowest BCUT2D eigenvalue weighted by Crippen LogP contribution is -2.35. The molecule has 0 aromatic rings. The van der Waals surface area contributed by atoms with E-state index in [9.17, 15) is 4.79 Å². The third kappa shape index (κ3) is 6.43. The van der Waals surface area contributed by atoms with Crippen LogP contribution < -0.4 is 5.32 Å². The molecule has 3 heteroatoms. The van der Waals surface area contributed by atoms with Gasteiger partial charge in [0, 0.05) is 24.6 Å². The summed E-state index contributed by atoms with van der Waals surface area (Å²) in [6.45, 7) is 6.21. The Morgan fingerprint density at radius 1 is 1.43 bits per heavy atom. The summed E-state index contributed by atoms with van der Waals surface area (Å²) < 4.78 is 0. The maximum Gasteiger partial charge on any atom is 0.243 e. The van der Waals surface area contributed by atoms with Gasteiger partial charge < -0.3 is 10.4 Å². The number of carbonyl (C=O) groups is 1. The number of amides is 1. The SMILES string of the molecule is C/C=C/C=C/C(=O)NCC(C)(C)CO. The highest BCUT2D eigenvalue weighted by molar-refractivity contribution is 5.87. The van der Waals surface area contributed by atoms with Gasteiger partial charge in [0.2, 0.25) is 5.91 Å². The summed E-state index contributed by atoms with van der Waals surface area (Å²) in [5.74, 6) is -0.135. The number of hydrogen-bond donors (Lipinski definition) is 2. The molecule has 0 aliphatic carbocycles. The molecule has 0 rings (SSSR count). The van der Waals surface area contributed by atoms with E-state index in [2.05, 4.69) is 5.32 Å². The van der Waals surface area contributed by atoms with Crippen LogP contribution in [0.2, 0.25) is 0 Å². The molecule has 0 unspecified atom stereocenters. The maximum atomic E-state index is 11.2. The minimum atomic E-state index is -0.260. The largest absolute Gasteiger partial charge is 0.396 e. The smallest absolute Gasteiger partial charge is 0.243 e. The van der Waals surface area contributed by atoms with Gasteiger partial charge in [0.1, 0.15) is 0 Å². The van der Waals surface area contributed by atoms with Crippen molar-refractivity contribution in [2.24, 2.45) is 5.41 Å². The highest BCUT2D eigenvalue weighted by Crippen LogP contribution is 2.10. The van der Waals surface area contributed by atoms with Crippen molar-refractivity contribution in [1.29, 1.82) is 0 Å². The van der Waals surface area contributed by atoms with Crippen molar-refractivity contribution >= 4 is 5.91 Å².